The van der Waals surface area contributed by atoms with E-state index in [9.17, 15) is 4.79 Å². The van der Waals surface area contributed by atoms with Gasteiger partial charge in [0.2, 0.25) is 0 Å². The summed E-state index contributed by atoms with van der Waals surface area (Å²) in [5, 5.41) is 12.6. The summed E-state index contributed by atoms with van der Waals surface area (Å²) in [6.45, 7) is 3.83. The van der Waals surface area contributed by atoms with Crippen LogP contribution in [0.3, 0.4) is 0 Å². The Kier molecular flexibility index (Phi) is 4.59. The predicted octanol–water partition coefficient (Wildman–Crippen LogP) is 4.53. The molecule has 3 fully saturated rings. The lowest BCUT2D eigenvalue weighted by Crippen LogP contribution is -2.46. The van der Waals surface area contributed by atoms with Crippen molar-refractivity contribution in [1.82, 2.24) is 0 Å². The van der Waals surface area contributed by atoms with Crippen LogP contribution in [-0.2, 0) is 9.53 Å². The fourth-order valence-corrected chi connectivity index (χ4v) is 6.68. The van der Waals surface area contributed by atoms with E-state index in [-0.39, 0.29) is 11.4 Å². The number of carbonyl (C=O) groups excluding carboxylic acids is 1. The molecule has 0 aromatic rings. The van der Waals surface area contributed by atoms with Crippen LogP contribution in [0.15, 0.2) is 16.8 Å². The van der Waals surface area contributed by atoms with Crippen LogP contribution in [0.1, 0.15) is 65.2 Å². The van der Waals surface area contributed by atoms with Crippen molar-refractivity contribution >= 4 is 11.7 Å². The summed E-state index contributed by atoms with van der Waals surface area (Å²) in [5.41, 5.74) is 2.65. The number of oxime groups is 1. The second-order valence-corrected chi connectivity index (χ2v) is 8.94. The van der Waals surface area contributed by atoms with Crippen molar-refractivity contribution in [3.63, 3.8) is 0 Å². The van der Waals surface area contributed by atoms with Crippen molar-refractivity contribution in [1.29, 1.82) is 0 Å². The fourth-order valence-electron chi connectivity index (χ4n) is 6.68. The Bertz CT molecular complexity index is 713. The lowest BCUT2D eigenvalue weighted by Gasteiger charge is -2.53. The average Bonchev–Trinajstić information content (AvgIpc) is 2.97. The minimum absolute atomic E-state index is 0.266. The molecule has 3 saturated carbocycles. The van der Waals surface area contributed by atoms with Crippen molar-refractivity contribution in [3.05, 3.63) is 11.6 Å². The zero-order valence-electron chi connectivity index (χ0n) is 15.8. The summed E-state index contributed by atoms with van der Waals surface area (Å²) >= 11 is 0. The van der Waals surface area contributed by atoms with Crippen LogP contribution in [0.2, 0.25) is 0 Å². The summed E-state index contributed by atoms with van der Waals surface area (Å²) in [6, 6.07) is 0. The highest BCUT2D eigenvalue weighted by molar-refractivity contribution is 5.96. The number of hydrogen-bond donors (Lipinski definition) is 1. The molecule has 4 aliphatic carbocycles. The molecule has 0 aromatic heterocycles. The van der Waals surface area contributed by atoms with E-state index >= 15 is 0 Å². The first-order valence-corrected chi connectivity index (χ1v) is 10.1. The number of hydrogen-bond acceptors (Lipinski definition) is 4. The van der Waals surface area contributed by atoms with Gasteiger partial charge in [-0.15, -0.1) is 0 Å². The maximum Gasteiger partial charge on any atom is 0.316 e. The zero-order chi connectivity index (χ0) is 18.3. The van der Waals surface area contributed by atoms with Crippen LogP contribution in [0.4, 0.5) is 0 Å². The van der Waals surface area contributed by atoms with Gasteiger partial charge in [-0.25, -0.2) is 0 Å². The fraction of sp³-hybridized carbons (Fsp3) is 0.727. The smallest absolute Gasteiger partial charge is 0.316 e. The van der Waals surface area contributed by atoms with Crippen molar-refractivity contribution in [2.75, 3.05) is 0 Å². The van der Waals surface area contributed by atoms with Gasteiger partial charge in [0.05, 0.1) is 5.71 Å². The number of esters is 1. The Labute approximate surface area is 156 Å². The summed E-state index contributed by atoms with van der Waals surface area (Å²) in [7, 11) is 0. The Morgan fingerprint density at radius 1 is 1.23 bits per heavy atom. The number of ether oxygens (including phenoxy) is 1. The molecule has 0 aliphatic heterocycles. The molecule has 0 bridgehead atoms. The summed E-state index contributed by atoms with van der Waals surface area (Å²) in [6.07, 6.45) is 14.2. The highest BCUT2D eigenvalue weighted by Crippen LogP contribution is 2.63. The predicted molar refractivity (Wildman–Crippen MR) is 99.3 cm³/mol. The highest BCUT2D eigenvalue weighted by atomic mass is 16.5. The van der Waals surface area contributed by atoms with Gasteiger partial charge in [0, 0.05) is 12.8 Å². The van der Waals surface area contributed by atoms with Gasteiger partial charge in [0.15, 0.2) is 0 Å². The van der Waals surface area contributed by atoms with Gasteiger partial charge in [-0.1, -0.05) is 23.6 Å². The van der Waals surface area contributed by atoms with Gasteiger partial charge >= 0.3 is 5.97 Å². The molecule has 0 radical (unpaired) electrons. The molecule has 4 aliphatic rings. The van der Waals surface area contributed by atoms with Crippen LogP contribution in [0, 0.1) is 47.0 Å². The molecule has 0 heterocycles. The summed E-state index contributed by atoms with van der Waals surface area (Å²) in [5.74, 6) is 6.31. The van der Waals surface area contributed by atoms with Crippen LogP contribution in [-0.4, -0.2) is 16.9 Å². The maximum absolute atomic E-state index is 11.0. The third-order valence-electron chi connectivity index (χ3n) is 7.87. The third-order valence-corrected chi connectivity index (χ3v) is 7.87. The summed E-state index contributed by atoms with van der Waals surface area (Å²) < 4.78 is 4.89. The Morgan fingerprint density at radius 2 is 2.08 bits per heavy atom. The molecular weight excluding hydrogens is 326 g/mol. The molecule has 0 spiro atoms. The van der Waals surface area contributed by atoms with E-state index in [0.717, 1.165) is 49.1 Å². The number of carbonyl (C=O) groups is 1. The van der Waals surface area contributed by atoms with E-state index in [1.54, 1.807) is 0 Å². The van der Waals surface area contributed by atoms with E-state index < -0.39 is 0 Å². The number of allylic oxidation sites excluding steroid dienone is 2. The topological polar surface area (TPSA) is 58.9 Å². The van der Waals surface area contributed by atoms with Crippen molar-refractivity contribution in [3.8, 4) is 12.0 Å². The molecule has 0 aromatic carbocycles. The number of rotatable bonds is 0. The third kappa shape index (κ3) is 2.86. The molecular formula is C22H29NO3. The molecule has 1 N–H and O–H groups in total. The van der Waals surface area contributed by atoms with E-state index in [1.165, 1.54) is 38.2 Å². The highest BCUT2D eigenvalue weighted by Gasteiger charge is 2.55. The first kappa shape index (κ1) is 17.6. The van der Waals surface area contributed by atoms with Gasteiger partial charge in [0.25, 0.3) is 0 Å². The van der Waals surface area contributed by atoms with Gasteiger partial charge in [-0.2, -0.15) is 0 Å². The molecule has 26 heavy (non-hydrogen) atoms. The van der Waals surface area contributed by atoms with Gasteiger partial charge < -0.3 is 9.94 Å². The van der Waals surface area contributed by atoms with Gasteiger partial charge in [-0.05, 0) is 86.5 Å². The van der Waals surface area contributed by atoms with Crippen molar-refractivity contribution in [2.24, 2.45) is 40.2 Å². The molecule has 6 atom stereocenters. The Morgan fingerprint density at radius 3 is 2.85 bits per heavy atom. The van der Waals surface area contributed by atoms with E-state index in [2.05, 4.69) is 30.2 Å². The van der Waals surface area contributed by atoms with Crippen LogP contribution in [0.5, 0.6) is 0 Å². The minimum Gasteiger partial charge on any atom is -0.411 e. The van der Waals surface area contributed by atoms with Crippen LogP contribution in [0.25, 0.3) is 0 Å². The van der Waals surface area contributed by atoms with Gasteiger partial charge in [0.1, 0.15) is 6.11 Å². The molecule has 0 amide bonds. The number of nitrogens with zero attached hydrogens (tertiary/aromatic N) is 1. The van der Waals surface area contributed by atoms with Crippen LogP contribution < -0.4 is 0 Å². The molecule has 4 rings (SSSR count). The lowest BCUT2D eigenvalue weighted by molar-refractivity contribution is -0.134. The lowest BCUT2D eigenvalue weighted by atomic mass is 9.51. The number of fused-ring (bicyclic) bond motifs is 5. The largest absolute Gasteiger partial charge is 0.411 e. The van der Waals surface area contributed by atoms with Crippen molar-refractivity contribution < 1.29 is 14.7 Å². The van der Waals surface area contributed by atoms with E-state index in [0.29, 0.717) is 11.8 Å². The molecule has 0 saturated heterocycles. The van der Waals surface area contributed by atoms with Gasteiger partial charge in [-0.3, -0.25) is 4.79 Å². The molecule has 0 unspecified atom stereocenters. The van der Waals surface area contributed by atoms with E-state index in [1.807, 2.05) is 0 Å². The SMILES string of the molecule is CC(=O)OC#C[C@@H]1CC[C@H]2[C@@H]3CCC4=CC(=NO)CC[C@@H]4[C@H]3CC[C@]12C. The second-order valence-electron chi connectivity index (χ2n) is 8.94. The average molecular weight is 355 g/mol. The second kappa shape index (κ2) is 6.76. The van der Waals surface area contributed by atoms with Crippen LogP contribution >= 0.6 is 0 Å². The monoisotopic (exact) mass is 355 g/mol. The quantitative estimate of drug-likeness (QED) is 0.301. The molecule has 4 nitrogen and oxygen atoms in total. The summed E-state index contributed by atoms with van der Waals surface area (Å²) in [4.78, 5) is 11.0. The maximum atomic E-state index is 11.0. The first-order chi connectivity index (χ1) is 12.5. The Hall–Kier alpha value is -1.76. The Balaban J connectivity index is 1.53. The molecule has 140 valence electrons. The normalized spacial score (nSPS) is 42.6. The molecule has 4 heteroatoms. The minimum atomic E-state index is -0.324. The standard InChI is InChI=1S/C22H29NO3/c1-14(24)26-12-10-16-4-8-21-20-6-3-15-13-17(23-25)5-7-18(15)19(20)9-11-22(16,21)2/h13,16,18-21,25H,3-9,11H2,1-2H3/t16-,18-,19+,20+,21-,22+/m0/s1. The zero-order valence-corrected chi connectivity index (χ0v) is 15.8. The first-order valence-electron chi connectivity index (χ1n) is 10.1. The van der Waals surface area contributed by atoms with E-state index in [4.69, 9.17) is 9.94 Å². The van der Waals surface area contributed by atoms with Crippen molar-refractivity contribution in [2.45, 2.75) is 65.2 Å².